The average Bonchev–Trinajstić information content (AvgIpc) is 3.88. The van der Waals surface area contributed by atoms with Crippen molar-refractivity contribution in [3.63, 3.8) is 0 Å². The van der Waals surface area contributed by atoms with Crippen LogP contribution in [-0.4, -0.2) is 55.8 Å². The summed E-state index contributed by atoms with van der Waals surface area (Å²) < 4.78 is 59.5. The first-order chi connectivity index (χ1) is 21.1. The van der Waals surface area contributed by atoms with Crippen LogP contribution < -0.4 is 4.74 Å². The van der Waals surface area contributed by atoms with E-state index in [0.717, 1.165) is 37.8 Å². The Kier molecular flexibility index (Phi) is 9.40. The van der Waals surface area contributed by atoms with Gasteiger partial charge in [-0.1, -0.05) is 35.3 Å². The Labute approximate surface area is 272 Å². The van der Waals surface area contributed by atoms with Crippen LogP contribution in [0.4, 0.5) is 17.6 Å². The molecule has 2 fully saturated rings. The molecule has 17 heteroatoms. The molecule has 2 saturated carbocycles. The molecule has 2 aromatic heterocycles. The second-order valence-corrected chi connectivity index (χ2v) is 12.8. The average molecular weight is 738 g/mol. The summed E-state index contributed by atoms with van der Waals surface area (Å²) >= 11 is 13.9. The summed E-state index contributed by atoms with van der Waals surface area (Å²) in [5.74, 6) is -0.391. The minimum Gasteiger partial charge on any atom is -0.508 e. The molecule has 0 saturated heterocycles. The summed E-state index contributed by atoms with van der Waals surface area (Å²) in [5.41, 5.74) is -1.56. The van der Waals surface area contributed by atoms with Crippen LogP contribution >= 0.6 is 39.1 Å². The lowest BCUT2D eigenvalue weighted by Crippen LogP contribution is -2.40. The van der Waals surface area contributed by atoms with E-state index in [1.54, 1.807) is 33.0 Å². The van der Waals surface area contributed by atoms with Crippen LogP contribution in [0.5, 0.6) is 11.5 Å². The van der Waals surface area contributed by atoms with E-state index in [1.807, 2.05) is 0 Å². The normalized spacial score (nSPS) is 18.0. The van der Waals surface area contributed by atoms with Crippen molar-refractivity contribution in [3.8, 4) is 11.5 Å². The molecule has 0 aliphatic heterocycles. The summed E-state index contributed by atoms with van der Waals surface area (Å²) in [4.78, 5) is 3.14. The molecule has 2 atom stereocenters. The van der Waals surface area contributed by atoms with Crippen molar-refractivity contribution >= 4 is 39.1 Å². The Balaban J connectivity index is 0.000000186. The predicted octanol–water partition coefficient (Wildman–Crippen LogP) is 6.12. The van der Waals surface area contributed by atoms with E-state index in [2.05, 4.69) is 24.9 Å². The van der Waals surface area contributed by atoms with Gasteiger partial charge in [-0.15, -0.1) is 0 Å². The fourth-order valence-electron chi connectivity index (χ4n) is 5.08. The number of nitrogens with zero attached hydrogens (tertiary/aromatic N) is 6. The van der Waals surface area contributed by atoms with Crippen molar-refractivity contribution in [2.45, 2.75) is 60.9 Å². The Morgan fingerprint density at radius 1 is 0.800 bits per heavy atom. The lowest BCUT2D eigenvalue weighted by atomic mass is 9.88. The Morgan fingerprint density at radius 3 is 1.64 bits per heavy atom. The molecule has 4 aromatic rings. The van der Waals surface area contributed by atoms with Gasteiger partial charge in [-0.2, -0.15) is 27.8 Å². The second-order valence-electron chi connectivity index (χ2n) is 11.0. The number of hydrogen-bond acceptors (Lipinski definition) is 8. The number of rotatable bonds is 11. The van der Waals surface area contributed by atoms with Crippen molar-refractivity contribution in [1.82, 2.24) is 29.5 Å². The number of ether oxygens (including phenoxy) is 1. The van der Waals surface area contributed by atoms with Gasteiger partial charge in [0.25, 0.3) is 0 Å². The number of alkyl halides is 5. The molecule has 0 amide bonds. The van der Waals surface area contributed by atoms with Crippen molar-refractivity contribution < 1.29 is 37.6 Å². The SMILES string of the molecule is OC(Cn1cncn1)(c1ccc(OC(F)(F)C(F)(F)Br)cc1Cl)C1CC1.Oc1ccc(C(O)(Cn2cncn2)C2CC2)c(Cl)c1. The molecule has 6 rings (SSSR count). The topological polar surface area (TPSA) is 131 Å². The number of aromatic nitrogens is 6. The molecule has 0 bridgehead atoms. The molecule has 10 nitrogen and oxygen atoms in total. The number of benzene rings is 2. The van der Waals surface area contributed by atoms with Crippen LogP contribution in [0.2, 0.25) is 10.0 Å². The third-order valence-corrected chi connectivity index (χ3v) is 8.73. The molecular formula is C28H27BrCl2F4N6O4. The van der Waals surface area contributed by atoms with Gasteiger partial charge in [0.1, 0.15) is 48.0 Å². The zero-order chi connectivity index (χ0) is 32.6. The zero-order valence-corrected chi connectivity index (χ0v) is 26.3. The van der Waals surface area contributed by atoms with Crippen LogP contribution in [0.3, 0.4) is 0 Å². The highest BCUT2D eigenvalue weighted by Crippen LogP contribution is 2.50. The highest BCUT2D eigenvalue weighted by Gasteiger charge is 2.58. The highest BCUT2D eigenvalue weighted by molar-refractivity contribution is 9.10. The standard InChI is InChI=1S/C15H13BrClF4N3O2.C13H14ClN3O2/c16-14(18,19)15(20,21)26-10-3-4-11(12(17)5-10)13(25,9-1-2-9)6-24-8-22-7-23-24;14-12-5-10(18)3-4-11(12)13(19,9-1-2-9)6-17-8-15-7-16-17/h3-5,7-9,25H,1-2,6H2;3-5,7-9,18-19H,1-2,6H2. The Morgan fingerprint density at radius 2 is 1.27 bits per heavy atom. The quantitative estimate of drug-likeness (QED) is 0.124. The summed E-state index contributed by atoms with van der Waals surface area (Å²) in [6.07, 6.45) is 4.41. The number of aliphatic hydroxyl groups is 2. The van der Waals surface area contributed by atoms with Crippen LogP contribution in [0.1, 0.15) is 36.8 Å². The van der Waals surface area contributed by atoms with E-state index in [1.165, 1.54) is 41.9 Å². The molecule has 242 valence electrons. The molecule has 0 radical (unpaired) electrons. The van der Waals surface area contributed by atoms with E-state index in [9.17, 15) is 32.9 Å². The maximum absolute atomic E-state index is 13.3. The summed E-state index contributed by atoms with van der Waals surface area (Å²) in [5, 5.41) is 39.8. The molecule has 2 heterocycles. The Bertz CT molecular complexity index is 1610. The number of phenols is 1. The maximum Gasteiger partial charge on any atom is 0.475 e. The lowest BCUT2D eigenvalue weighted by molar-refractivity contribution is -0.266. The summed E-state index contributed by atoms with van der Waals surface area (Å²) in [7, 11) is 0. The highest BCUT2D eigenvalue weighted by atomic mass is 79.9. The molecular weight excluding hydrogens is 711 g/mol. The van der Waals surface area contributed by atoms with Gasteiger partial charge in [-0.25, -0.2) is 19.3 Å². The zero-order valence-electron chi connectivity index (χ0n) is 23.2. The van der Waals surface area contributed by atoms with E-state index >= 15 is 0 Å². The molecule has 3 N–H and O–H groups in total. The predicted molar refractivity (Wildman–Crippen MR) is 157 cm³/mol. The van der Waals surface area contributed by atoms with E-state index in [4.69, 9.17) is 23.2 Å². The van der Waals surface area contributed by atoms with Crippen molar-refractivity contribution in [3.05, 3.63) is 82.9 Å². The number of aromatic hydroxyl groups is 1. The van der Waals surface area contributed by atoms with Crippen molar-refractivity contribution in [2.24, 2.45) is 11.8 Å². The number of hydrogen-bond donors (Lipinski definition) is 3. The number of phenolic OH excluding ortho intramolecular Hbond substituents is 1. The van der Waals surface area contributed by atoms with Crippen LogP contribution in [0.15, 0.2) is 61.7 Å². The smallest absolute Gasteiger partial charge is 0.475 e. The van der Waals surface area contributed by atoms with E-state index in [-0.39, 0.29) is 34.7 Å². The molecule has 2 aliphatic carbocycles. The van der Waals surface area contributed by atoms with Gasteiger partial charge in [0.2, 0.25) is 0 Å². The first-order valence-electron chi connectivity index (χ1n) is 13.6. The van der Waals surface area contributed by atoms with Gasteiger partial charge in [-0.05, 0) is 61.8 Å². The van der Waals surface area contributed by atoms with Gasteiger partial charge in [0.15, 0.2) is 0 Å². The largest absolute Gasteiger partial charge is 0.508 e. The molecule has 2 aromatic carbocycles. The van der Waals surface area contributed by atoms with Crippen LogP contribution in [-0.2, 0) is 24.3 Å². The minimum atomic E-state index is -4.77. The number of halogens is 7. The third-order valence-electron chi connectivity index (χ3n) is 7.65. The first kappa shape index (κ1) is 33.4. The van der Waals surface area contributed by atoms with E-state index in [0.29, 0.717) is 17.1 Å². The molecule has 2 unspecified atom stereocenters. The van der Waals surface area contributed by atoms with Crippen LogP contribution in [0, 0.1) is 11.8 Å². The monoisotopic (exact) mass is 736 g/mol. The molecule has 2 aliphatic rings. The Hall–Kier alpha value is -2.98. The molecule has 0 spiro atoms. The van der Waals surface area contributed by atoms with Gasteiger partial charge < -0.3 is 20.1 Å². The lowest BCUT2D eigenvalue weighted by Gasteiger charge is -2.30. The fraction of sp³-hybridized carbons (Fsp3) is 0.429. The summed E-state index contributed by atoms with van der Waals surface area (Å²) in [6, 6.07) is 7.98. The summed E-state index contributed by atoms with van der Waals surface area (Å²) in [6.45, 7) is 0.370. The van der Waals surface area contributed by atoms with Crippen molar-refractivity contribution in [2.75, 3.05) is 0 Å². The maximum atomic E-state index is 13.3. The van der Waals surface area contributed by atoms with Crippen molar-refractivity contribution in [1.29, 1.82) is 0 Å². The van der Waals surface area contributed by atoms with Gasteiger partial charge in [0.05, 0.1) is 23.1 Å². The van der Waals surface area contributed by atoms with Gasteiger partial charge in [0, 0.05) is 27.1 Å². The van der Waals surface area contributed by atoms with Crippen LogP contribution in [0.25, 0.3) is 0 Å². The molecule has 45 heavy (non-hydrogen) atoms. The fourth-order valence-corrected chi connectivity index (χ4v) is 5.84. The first-order valence-corrected chi connectivity index (χ1v) is 15.2. The van der Waals surface area contributed by atoms with Gasteiger partial charge >= 0.3 is 10.9 Å². The second kappa shape index (κ2) is 12.7. The minimum absolute atomic E-state index is 0.0627. The van der Waals surface area contributed by atoms with Gasteiger partial charge in [-0.3, -0.25) is 0 Å². The van der Waals surface area contributed by atoms with E-state index < -0.39 is 27.9 Å². The third kappa shape index (κ3) is 7.54.